The van der Waals surface area contributed by atoms with Gasteiger partial charge in [-0.05, 0) is 44.0 Å². The van der Waals surface area contributed by atoms with E-state index in [2.05, 4.69) is 10.3 Å². The molecule has 0 radical (unpaired) electrons. The zero-order chi connectivity index (χ0) is 14.7. The third-order valence-corrected chi connectivity index (χ3v) is 3.23. The number of rotatable bonds is 3. The predicted octanol–water partition coefficient (Wildman–Crippen LogP) is 1.81. The summed E-state index contributed by atoms with van der Waals surface area (Å²) in [7, 11) is 0. The molecule has 0 aliphatic rings. The maximum absolute atomic E-state index is 12.0. The zero-order valence-electron chi connectivity index (χ0n) is 11.8. The van der Waals surface area contributed by atoms with Gasteiger partial charge in [0.05, 0.1) is 6.20 Å². The Balaban J connectivity index is 2.13. The minimum atomic E-state index is -0.278. The van der Waals surface area contributed by atoms with Gasteiger partial charge in [0.15, 0.2) is 0 Å². The van der Waals surface area contributed by atoms with E-state index >= 15 is 0 Å². The molecule has 0 fully saturated rings. The fourth-order valence-electron chi connectivity index (χ4n) is 1.89. The van der Waals surface area contributed by atoms with Gasteiger partial charge in [-0.2, -0.15) is 0 Å². The molecule has 0 aliphatic carbocycles. The van der Waals surface area contributed by atoms with Gasteiger partial charge in [0, 0.05) is 17.6 Å². The summed E-state index contributed by atoms with van der Waals surface area (Å²) < 4.78 is 1.39. The van der Waals surface area contributed by atoms with Crippen molar-refractivity contribution in [2.24, 2.45) is 0 Å². The standard InChI is InChI=1S/C15H17N3O2/c1-10-4-5-13(6-11(10)2)17-14(19)9-18-12(3)7-16-8-15(18)20/h4-8H,9H2,1-3H3,(H,17,19). The Bertz CT molecular complexity index is 705. The van der Waals surface area contributed by atoms with E-state index in [0.717, 1.165) is 11.3 Å². The Morgan fingerprint density at radius 3 is 2.60 bits per heavy atom. The molecule has 104 valence electrons. The molecule has 0 atom stereocenters. The van der Waals surface area contributed by atoms with Crippen molar-refractivity contribution in [2.45, 2.75) is 27.3 Å². The number of benzene rings is 1. The van der Waals surface area contributed by atoms with Crippen LogP contribution in [0, 0.1) is 20.8 Å². The molecule has 0 aliphatic heterocycles. The quantitative estimate of drug-likeness (QED) is 0.926. The molecule has 20 heavy (non-hydrogen) atoms. The molecule has 1 aromatic heterocycles. The van der Waals surface area contributed by atoms with Crippen LogP contribution in [0.5, 0.6) is 0 Å². The van der Waals surface area contributed by atoms with Gasteiger partial charge in [-0.1, -0.05) is 6.07 Å². The second-order valence-corrected chi connectivity index (χ2v) is 4.82. The monoisotopic (exact) mass is 271 g/mol. The molecule has 2 aromatic rings. The topological polar surface area (TPSA) is 64.0 Å². The summed E-state index contributed by atoms with van der Waals surface area (Å²) in [6, 6.07) is 5.71. The summed E-state index contributed by atoms with van der Waals surface area (Å²) in [5.74, 6) is -0.232. The van der Waals surface area contributed by atoms with Crippen molar-refractivity contribution in [3.63, 3.8) is 0 Å². The van der Waals surface area contributed by atoms with E-state index in [9.17, 15) is 9.59 Å². The lowest BCUT2D eigenvalue weighted by Crippen LogP contribution is -2.29. The number of carbonyl (C=O) groups excluding carboxylic acids is 1. The molecular weight excluding hydrogens is 254 g/mol. The number of hydrogen-bond acceptors (Lipinski definition) is 3. The van der Waals surface area contributed by atoms with Crippen LogP contribution in [0.2, 0.25) is 0 Å². The number of amides is 1. The van der Waals surface area contributed by atoms with E-state index in [1.165, 1.54) is 16.3 Å². The molecule has 0 bridgehead atoms. The van der Waals surface area contributed by atoms with Crippen LogP contribution in [0.25, 0.3) is 0 Å². The number of nitrogens with one attached hydrogen (secondary N) is 1. The summed E-state index contributed by atoms with van der Waals surface area (Å²) in [6.07, 6.45) is 2.76. The maximum atomic E-state index is 12.0. The number of nitrogens with zero attached hydrogens (tertiary/aromatic N) is 2. The molecule has 1 amide bonds. The smallest absolute Gasteiger partial charge is 0.269 e. The fourth-order valence-corrected chi connectivity index (χ4v) is 1.89. The third kappa shape index (κ3) is 3.12. The van der Waals surface area contributed by atoms with Crippen molar-refractivity contribution >= 4 is 11.6 Å². The second-order valence-electron chi connectivity index (χ2n) is 4.82. The van der Waals surface area contributed by atoms with Crippen LogP contribution in [0.15, 0.2) is 35.4 Å². The average molecular weight is 271 g/mol. The van der Waals surface area contributed by atoms with E-state index in [1.54, 1.807) is 13.1 Å². The molecule has 0 saturated carbocycles. The van der Waals surface area contributed by atoms with Gasteiger partial charge < -0.3 is 9.88 Å². The molecule has 1 N–H and O–H groups in total. The molecule has 5 nitrogen and oxygen atoms in total. The number of aromatic nitrogens is 2. The van der Waals surface area contributed by atoms with Crippen LogP contribution in [-0.4, -0.2) is 15.5 Å². The molecule has 5 heteroatoms. The minimum absolute atomic E-state index is 0.0138. The first-order valence-corrected chi connectivity index (χ1v) is 6.36. The molecule has 1 aromatic carbocycles. The van der Waals surface area contributed by atoms with Crippen molar-refractivity contribution in [1.82, 2.24) is 9.55 Å². The Hall–Kier alpha value is -2.43. The van der Waals surface area contributed by atoms with Crippen molar-refractivity contribution in [3.8, 4) is 0 Å². The Kier molecular flexibility index (Phi) is 3.98. The molecule has 0 spiro atoms. The van der Waals surface area contributed by atoms with Gasteiger partial charge in [0.2, 0.25) is 5.91 Å². The van der Waals surface area contributed by atoms with Gasteiger partial charge in [0.1, 0.15) is 6.54 Å². The molecule has 1 heterocycles. The third-order valence-electron chi connectivity index (χ3n) is 3.23. The summed E-state index contributed by atoms with van der Waals surface area (Å²) >= 11 is 0. The SMILES string of the molecule is Cc1ccc(NC(=O)Cn2c(C)cncc2=O)cc1C. The van der Waals surface area contributed by atoms with Crippen LogP contribution in [0.4, 0.5) is 5.69 Å². The van der Waals surface area contributed by atoms with Gasteiger partial charge in [-0.25, -0.2) is 0 Å². The lowest BCUT2D eigenvalue weighted by molar-refractivity contribution is -0.116. The molecule has 0 saturated heterocycles. The maximum Gasteiger partial charge on any atom is 0.269 e. The van der Waals surface area contributed by atoms with E-state index in [-0.39, 0.29) is 18.0 Å². The van der Waals surface area contributed by atoms with Crippen LogP contribution in [0.3, 0.4) is 0 Å². The van der Waals surface area contributed by atoms with Crippen molar-refractivity contribution in [1.29, 1.82) is 0 Å². The van der Waals surface area contributed by atoms with Crippen LogP contribution >= 0.6 is 0 Å². The highest BCUT2D eigenvalue weighted by atomic mass is 16.2. The van der Waals surface area contributed by atoms with Gasteiger partial charge in [0.25, 0.3) is 5.56 Å². The van der Waals surface area contributed by atoms with Gasteiger partial charge >= 0.3 is 0 Å². The number of hydrogen-bond donors (Lipinski definition) is 1. The first-order chi connectivity index (χ1) is 9.47. The number of carbonyl (C=O) groups is 1. The van der Waals surface area contributed by atoms with Gasteiger partial charge in [-0.15, -0.1) is 0 Å². The normalized spacial score (nSPS) is 10.3. The highest BCUT2D eigenvalue weighted by Gasteiger charge is 2.07. The second kappa shape index (κ2) is 5.69. The van der Waals surface area contributed by atoms with E-state index in [4.69, 9.17) is 0 Å². The lowest BCUT2D eigenvalue weighted by Gasteiger charge is -2.10. The molecule has 2 rings (SSSR count). The predicted molar refractivity (Wildman–Crippen MR) is 77.8 cm³/mol. The van der Waals surface area contributed by atoms with Crippen LogP contribution in [0.1, 0.15) is 16.8 Å². The van der Waals surface area contributed by atoms with Crippen LogP contribution in [-0.2, 0) is 11.3 Å². The molecule has 0 unspecified atom stereocenters. The summed E-state index contributed by atoms with van der Waals surface area (Å²) in [4.78, 5) is 27.4. The minimum Gasteiger partial charge on any atom is -0.325 e. The van der Waals surface area contributed by atoms with Crippen molar-refractivity contribution < 1.29 is 4.79 Å². The Morgan fingerprint density at radius 1 is 1.20 bits per heavy atom. The number of aryl methyl sites for hydroxylation is 3. The Labute approximate surface area is 117 Å². The first-order valence-electron chi connectivity index (χ1n) is 6.36. The van der Waals surface area contributed by atoms with E-state index in [0.29, 0.717) is 5.69 Å². The largest absolute Gasteiger partial charge is 0.325 e. The first kappa shape index (κ1) is 14.0. The summed E-state index contributed by atoms with van der Waals surface area (Å²) in [6.45, 7) is 5.74. The van der Waals surface area contributed by atoms with Crippen molar-refractivity contribution in [2.75, 3.05) is 5.32 Å². The average Bonchev–Trinajstić information content (AvgIpc) is 2.38. The van der Waals surface area contributed by atoms with E-state index in [1.807, 2.05) is 32.0 Å². The van der Waals surface area contributed by atoms with Gasteiger partial charge in [-0.3, -0.25) is 14.6 Å². The summed E-state index contributed by atoms with van der Waals surface area (Å²) in [5.41, 5.74) is 3.40. The number of anilines is 1. The van der Waals surface area contributed by atoms with Crippen molar-refractivity contribution in [3.05, 3.63) is 57.8 Å². The van der Waals surface area contributed by atoms with Crippen LogP contribution < -0.4 is 10.9 Å². The lowest BCUT2D eigenvalue weighted by atomic mass is 10.1. The Morgan fingerprint density at radius 2 is 1.95 bits per heavy atom. The summed E-state index contributed by atoms with van der Waals surface area (Å²) in [5, 5.41) is 2.79. The van der Waals surface area contributed by atoms with E-state index < -0.39 is 0 Å². The zero-order valence-corrected chi connectivity index (χ0v) is 11.8. The fraction of sp³-hybridized carbons (Fsp3) is 0.267. The highest BCUT2D eigenvalue weighted by molar-refractivity contribution is 5.90. The molecular formula is C15H17N3O2. The highest BCUT2D eigenvalue weighted by Crippen LogP contribution is 2.14.